The van der Waals surface area contributed by atoms with Crippen LogP contribution < -0.4 is 14.2 Å². The second-order valence-corrected chi connectivity index (χ2v) is 7.97. The monoisotopic (exact) mass is 417 g/mol. The molecule has 0 radical (unpaired) electrons. The van der Waals surface area contributed by atoms with E-state index in [4.69, 9.17) is 14.2 Å². The first kappa shape index (κ1) is 19.3. The SMILES string of the molecule is COc1ccc2c(CN3CCC(C(F)(F)F)CC3)cc3cc4c(cc3c2c1)OCO4. The number of benzene rings is 3. The molecule has 0 aromatic heterocycles. The Morgan fingerprint density at radius 1 is 0.967 bits per heavy atom. The molecule has 0 aliphatic carbocycles. The molecule has 0 amide bonds. The minimum Gasteiger partial charge on any atom is -0.497 e. The smallest absolute Gasteiger partial charge is 0.391 e. The van der Waals surface area contributed by atoms with E-state index in [1.54, 1.807) is 7.11 Å². The van der Waals surface area contributed by atoms with Gasteiger partial charge in [0, 0.05) is 6.54 Å². The second-order valence-electron chi connectivity index (χ2n) is 7.97. The van der Waals surface area contributed by atoms with Gasteiger partial charge in [-0.3, -0.25) is 4.90 Å². The number of fused-ring (bicyclic) bond motifs is 4. The Labute approximate surface area is 172 Å². The zero-order valence-corrected chi connectivity index (χ0v) is 16.6. The standard InChI is InChI=1S/C23H22F3NO3/c1-28-17-2-3-18-15(12-27-6-4-16(5-7-27)23(24,25)26)8-14-9-21-22(30-13-29-21)11-19(14)20(18)10-17/h2-3,8-11,16H,4-7,12-13H2,1H3. The van der Waals surface area contributed by atoms with Gasteiger partial charge in [-0.05, 0) is 83.4 Å². The number of methoxy groups -OCH3 is 1. The average Bonchev–Trinajstić information content (AvgIpc) is 3.19. The Morgan fingerprint density at radius 3 is 2.40 bits per heavy atom. The van der Waals surface area contributed by atoms with Crippen molar-refractivity contribution in [2.75, 3.05) is 27.0 Å². The lowest BCUT2D eigenvalue weighted by Gasteiger charge is -2.33. The van der Waals surface area contributed by atoms with E-state index < -0.39 is 12.1 Å². The summed E-state index contributed by atoms with van der Waals surface area (Å²) >= 11 is 0. The Hall–Kier alpha value is -2.67. The summed E-state index contributed by atoms with van der Waals surface area (Å²) in [5, 5.41) is 4.15. The fraction of sp³-hybridized carbons (Fsp3) is 0.391. The van der Waals surface area contributed by atoms with Gasteiger partial charge in [0.2, 0.25) is 6.79 Å². The number of alkyl halides is 3. The summed E-state index contributed by atoms with van der Waals surface area (Å²) in [5.41, 5.74) is 1.09. The highest BCUT2D eigenvalue weighted by molar-refractivity contribution is 6.10. The molecule has 0 spiro atoms. The molecule has 158 valence electrons. The van der Waals surface area contributed by atoms with Crippen molar-refractivity contribution in [2.24, 2.45) is 5.92 Å². The van der Waals surface area contributed by atoms with Crippen molar-refractivity contribution in [3.05, 3.63) is 42.0 Å². The van der Waals surface area contributed by atoms with Gasteiger partial charge in [-0.25, -0.2) is 0 Å². The van der Waals surface area contributed by atoms with E-state index in [2.05, 4.69) is 11.0 Å². The molecule has 4 nitrogen and oxygen atoms in total. The molecule has 0 unspecified atom stereocenters. The van der Waals surface area contributed by atoms with Crippen molar-refractivity contribution in [2.45, 2.75) is 25.6 Å². The van der Waals surface area contributed by atoms with Crippen LogP contribution in [0.5, 0.6) is 17.2 Å². The van der Waals surface area contributed by atoms with Crippen molar-refractivity contribution in [3.8, 4) is 17.2 Å². The minimum atomic E-state index is -4.10. The van der Waals surface area contributed by atoms with E-state index in [9.17, 15) is 13.2 Å². The third kappa shape index (κ3) is 3.41. The van der Waals surface area contributed by atoms with Crippen LogP contribution in [0.15, 0.2) is 36.4 Å². The van der Waals surface area contributed by atoms with Gasteiger partial charge in [0.25, 0.3) is 0 Å². The maximum atomic E-state index is 13.0. The van der Waals surface area contributed by atoms with E-state index in [0.717, 1.165) is 32.9 Å². The molecule has 2 heterocycles. The van der Waals surface area contributed by atoms with Crippen molar-refractivity contribution in [1.82, 2.24) is 4.90 Å². The number of hydrogen-bond acceptors (Lipinski definition) is 4. The molecule has 3 aromatic rings. The molecule has 3 aromatic carbocycles. The number of nitrogens with zero attached hydrogens (tertiary/aromatic N) is 1. The molecule has 2 aliphatic heterocycles. The highest BCUT2D eigenvalue weighted by Gasteiger charge is 2.41. The lowest BCUT2D eigenvalue weighted by atomic mass is 9.94. The largest absolute Gasteiger partial charge is 0.497 e. The van der Waals surface area contributed by atoms with Gasteiger partial charge in [-0.2, -0.15) is 13.2 Å². The normalized spacial score (nSPS) is 17.7. The molecular weight excluding hydrogens is 395 g/mol. The van der Waals surface area contributed by atoms with Crippen LogP contribution in [0.2, 0.25) is 0 Å². The summed E-state index contributed by atoms with van der Waals surface area (Å²) in [5.74, 6) is 0.992. The topological polar surface area (TPSA) is 30.9 Å². The lowest BCUT2D eigenvalue weighted by molar-refractivity contribution is -0.185. The van der Waals surface area contributed by atoms with Crippen molar-refractivity contribution >= 4 is 21.5 Å². The predicted molar refractivity (Wildman–Crippen MR) is 108 cm³/mol. The Balaban J connectivity index is 1.54. The van der Waals surface area contributed by atoms with Crippen LogP contribution in [-0.2, 0) is 6.54 Å². The van der Waals surface area contributed by atoms with Gasteiger partial charge >= 0.3 is 6.18 Å². The first-order valence-corrected chi connectivity index (χ1v) is 10.0. The van der Waals surface area contributed by atoms with E-state index in [-0.39, 0.29) is 19.6 Å². The van der Waals surface area contributed by atoms with Gasteiger partial charge in [0.05, 0.1) is 13.0 Å². The van der Waals surface area contributed by atoms with E-state index in [0.29, 0.717) is 31.1 Å². The van der Waals surface area contributed by atoms with Gasteiger partial charge in [0.15, 0.2) is 11.5 Å². The summed E-state index contributed by atoms with van der Waals surface area (Å²) < 4.78 is 55.5. The maximum Gasteiger partial charge on any atom is 0.391 e. The number of piperidine rings is 1. The van der Waals surface area contributed by atoms with Crippen molar-refractivity contribution in [3.63, 3.8) is 0 Å². The van der Waals surface area contributed by atoms with E-state index >= 15 is 0 Å². The fourth-order valence-electron chi connectivity index (χ4n) is 4.52. The van der Waals surface area contributed by atoms with Gasteiger partial charge in [-0.15, -0.1) is 0 Å². The van der Waals surface area contributed by atoms with Crippen LogP contribution in [0.3, 0.4) is 0 Å². The lowest BCUT2D eigenvalue weighted by Crippen LogP contribution is -2.38. The maximum absolute atomic E-state index is 13.0. The van der Waals surface area contributed by atoms with Crippen LogP contribution in [-0.4, -0.2) is 38.1 Å². The van der Waals surface area contributed by atoms with Gasteiger partial charge in [0.1, 0.15) is 5.75 Å². The molecule has 5 rings (SSSR count). The summed E-state index contributed by atoms with van der Waals surface area (Å²) in [4.78, 5) is 2.11. The Bertz CT molecular complexity index is 1100. The molecule has 1 fully saturated rings. The van der Waals surface area contributed by atoms with Crippen molar-refractivity contribution in [1.29, 1.82) is 0 Å². The minimum absolute atomic E-state index is 0.154. The second kappa shape index (κ2) is 7.23. The zero-order valence-electron chi connectivity index (χ0n) is 16.6. The number of halogens is 3. The Morgan fingerprint density at radius 2 is 1.70 bits per heavy atom. The fourth-order valence-corrected chi connectivity index (χ4v) is 4.52. The number of hydrogen-bond donors (Lipinski definition) is 0. The molecule has 0 saturated carbocycles. The summed E-state index contributed by atoms with van der Waals surface area (Å²) in [6.45, 7) is 1.70. The molecule has 7 heteroatoms. The van der Waals surface area contributed by atoms with E-state index in [1.807, 2.05) is 30.3 Å². The van der Waals surface area contributed by atoms with Gasteiger partial charge in [-0.1, -0.05) is 6.07 Å². The summed E-state index contributed by atoms with van der Waals surface area (Å²) in [6.07, 6.45) is -3.79. The Kier molecular flexibility index (Phi) is 4.65. The van der Waals surface area contributed by atoms with Crippen molar-refractivity contribution < 1.29 is 27.4 Å². The highest BCUT2D eigenvalue weighted by Crippen LogP contribution is 2.41. The first-order valence-electron chi connectivity index (χ1n) is 10.0. The number of ether oxygens (including phenoxy) is 3. The summed E-state index contributed by atoms with van der Waals surface area (Å²) in [6, 6.07) is 12.0. The molecule has 0 bridgehead atoms. The van der Waals surface area contributed by atoms with Crippen LogP contribution >= 0.6 is 0 Å². The number of rotatable bonds is 3. The highest BCUT2D eigenvalue weighted by atomic mass is 19.4. The van der Waals surface area contributed by atoms with Crippen LogP contribution in [0, 0.1) is 5.92 Å². The number of likely N-dealkylation sites (tertiary alicyclic amines) is 1. The molecule has 0 N–H and O–H groups in total. The summed E-state index contributed by atoms with van der Waals surface area (Å²) in [7, 11) is 1.63. The third-order valence-electron chi connectivity index (χ3n) is 6.18. The van der Waals surface area contributed by atoms with Crippen LogP contribution in [0.1, 0.15) is 18.4 Å². The first-order chi connectivity index (χ1) is 14.4. The molecule has 30 heavy (non-hydrogen) atoms. The van der Waals surface area contributed by atoms with E-state index in [1.165, 1.54) is 0 Å². The predicted octanol–water partition coefficient (Wildman–Crippen LogP) is 5.50. The zero-order chi connectivity index (χ0) is 20.9. The molecule has 0 atom stereocenters. The molecule has 1 saturated heterocycles. The van der Waals surface area contributed by atoms with Gasteiger partial charge < -0.3 is 14.2 Å². The average molecular weight is 417 g/mol. The quantitative estimate of drug-likeness (QED) is 0.526. The molecular formula is C23H22F3NO3. The molecule has 2 aliphatic rings. The van der Waals surface area contributed by atoms with Crippen LogP contribution in [0.25, 0.3) is 21.5 Å². The third-order valence-corrected chi connectivity index (χ3v) is 6.18. The van der Waals surface area contributed by atoms with Crippen LogP contribution in [0.4, 0.5) is 13.2 Å².